The van der Waals surface area contributed by atoms with Crippen molar-refractivity contribution in [3.8, 4) is 6.07 Å². The molecule has 6 heteroatoms. The van der Waals surface area contributed by atoms with E-state index in [-0.39, 0.29) is 24.5 Å². The fraction of sp³-hybridized carbons (Fsp3) is 0.167. The quantitative estimate of drug-likeness (QED) is 0.745. The van der Waals surface area contributed by atoms with Crippen LogP contribution in [0, 0.1) is 11.3 Å². The van der Waals surface area contributed by atoms with Gasteiger partial charge in [0, 0.05) is 5.69 Å². The Balaban J connectivity index is 2.33. The second-order valence-corrected chi connectivity index (χ2v) is 3.66. The summed E-state index contributed by atoms with van der Waals surface area (Å²) in [6.45, 7) is 0.179. The fourth-order valence-electron chi connectivity index (χ4n) is 1.60. The second-order valence-electron chi connectivity index (χ2n) is 3.66. The molecule has 4 N–H and O–H groups in total. The minimum Gasteiger partial charge on any atom is -0.394 e. The third-order valence-electron chi connectivity index (χ3n) is 2.45. The third kappa shape index (κ3) is 2.26. The lowest BCUT2D eigenvalue weighted by atomic mass is 10.3. The van der Waals surface area contributed by atoms with E-state index in [0.29, 0.717) is 5.82 Å². The van der Waals surface area contributed by atoms with E-state index in [4.69, 9.17) is 16.1 Å². The molecule has 0 saturated heterocycles. The molecule has 1 heterocycles. The number of para-hydroxylation sites is 1. The summed E-state index contributed by atoms with van der Waals surface area (Å²) in [6, 6.07) is 11.4. The Hall–Kier alpha value is -2.52. The van der Waals surface area contributed by atoms with E-state index in [2.05, 4.69) is 10.4 Å². The summed E-state index contributed by atoms with van der Waals surface area (Å²) < 4.78 is 1.41. The summed E-state index contributed by atoms with van der Waals surface area (Å²) in [7, 11) is 0. The minimum atomic E-state index is -0.0818. The number of nitrogens with two attached hydrogens (primary N) is 1. The highest BCUT2D eigenvalue weighted by Gasteiger charge is 2.14. The van der Waals surface area contributed by atoms with Crippen molar-refractivity contribution >= 4 is 17.3 Å². The minimum absolute atomic E-state index is 0.0818. The molecule has 18 heavy (non-hydrogen) atoms. The normalized spacial score (nSPS) is 10.0. The predicted molar refractivity (Wildman–Crippen MR) is 68.2 cm³/mol. The third-order valence-corrected chi connectivity index (χ3v) is 2.45. The highest BCUT2D eigenvalue weighted by molar-refractivity contribution is 5.69. The van der Waals surface area contributed by atoms with Crippen molar-refractivity contribution in [3.05, 3.63) is 35.9 Å². The van der Waals surface area contributed by atoms with E-state index in [1.165, 1.54) is 4.68 Å². The molecule has 0 aliphatic rings. The number of nitrogen functional groups attached to an aromatic ring is 1. The van der Waals surface area contributed by atoms with E-state index in [0.717, 1.165) is 5.69 Å². The number of rotatable bonds is 4. The van der Waals surface area contributed by atoms with Crippen molar-refractivity contribution in [1.29, 1.82) is 5.26 Å². The van der Waals surface area contributed by atoms with Crippen LogP contribution < -0.4 is 11.1 Å². The van der Waals surface area contributed by atoms with Gasteiger partial charge < -0.3 is 16.2 Å². The zero-order chi connectivity index (χ0) is 13.0. The van der Waals surface area contributed by atoms with E-state index < -0.39 is 0 Å². The van der Waals surface area contributed by atoms with Gasteiger partial charge in [-0.15, -0.1) is 0 Å². The maximum Gasteiger partial charge on any atom is 0.172 e. The summed E-state index contributed by atoms with van der Waals surface area (Å²) in [6.07, 6.45) is 0. The Labute approximate surface area is 104 Å². The van der Waals surface area contributed by atoms with E-state index in [9.17, 15) is 0 Å². The summed E-state index contributed by atoms with van der Waals surface area (Å²) in [5, 5.41) is 25.2. The van der Waals surface area contributed by atoms with Crippen molar-refractivity contribution in [1.82, 2.24) is 9.78 Å². The molecule has 6 nitrogen and oxygen atoms in total. The predicted octanol–water partition coefficient (Wildman–Crippen LogP) is 1.07. The molecule has 0 radical (unpaired) electrons. The lowest BCUT2D eigenvalue weighted by molar-refractivity contribution is 0.270. The zero-order valence-corrected chi connectivity index (χ0v) is 9.67. The summed E-state index contributed by atoms with van der Waals surface area (Å²) in [5.74, 6) is 0.652. The Kier molecular flexibility index (Phi) is 3.46. The van der Waals surface area contributed by atoms with Gasteiger partial charge in [0.1, 0.15) is 17.5 Å². The van der Waals surface area contributed by atoms with Gasteiger partial charge in [0.2, 0.25) is 0 Å². The van der Waals surface area contributed by atoms with Crippen LogP contribution in [0.2, 0.25) is 0 Å². The second kappa shape index (κ2) is 5.21. The molecule has 0 spiro atoms. The number of nitriles is 1. The number of hydrogen-bond acceptors (Lipinski definition) is 5. The van der Waals surface area contributed by atoms with Crippen LogP contribution in [0.4, 0.5) is 17.3 Å². The molecule has 0 aliphatic carbocycles. The van der Waals surface area contributed by atoms with Crippen LogP contribution in [0.15, 0.2) is 30.3 Å². The van der Waals surface area contributed by atoms with Gasteiger partial charge in [-0.25, -0.2) is 4.68 Å². The lowest BCUT2D eigenvalue weighted by Crippen LogP contribution is -2.07. The van der Waals surface area contributed by atoms with Gasteiger partial charge in [-0.05, 0) is 12.1 Å². The summed E-state index contributed by atoms with van der Waals surface area (Å²) >= 11 is 0. The average Bonchev–Trinajstić information content (AvgIpc) is 2.67. The van der Waals surface area contributed by atoms with Crippen LogP contribution in [0.3, 0.4) is 0 Å². The molecule has 2 rings (SSSR count). The Morgan fingerprint density at radius 1 is 1.39 bits per heavy atom. The van der Waals surface area contributed by atoms with Gasteiger partial charge in [0.15, 0.2) is 5.82 Å². The molecular weight excluding hydrogens is 230 g/mol. The molecular formula is C12H13N5O. The van der Waals surface area contributed by atoms with Crippen LogP contribution in [0.1, 0.15) is 5.56 Å². The van der Waals surface area contributed by atoms with Crippen molar-refractivity contribution in [2.45, 2.75) is 6.54 Å². The van der Waals surface area contributed by atoms with Gasteiger partial charge in [0.05, 0.1) is 13.2 Å². The highest BCUT2D eigenvalue weighted by Crippen LogP contribution is 2.23. The van der Waals surface area contributed by atoms with Crippen LogP contribution >= 0.6 is 0 Å². The number of nitrogens with zero attached hydrogens (tertiary/aromatic N) is 3. The number of nitrogens with one attached hydrogen (secondary N) is 1. The number of aliphatic hydroxyl groups is 1. The number of anilines is 3. The number of aromatic nitrogens is 2. The first-order valence-corrected chi connectivity index (χ1v) is 5.45. The lowest BCUT2D eigenvalue weighted by Gasteiger charge is -2.02. The van der Waals surface area contributed by atoms with Crippen LogP contribution in [-0.4, -0.2) is 21.5 Å². The van der Waals surface area contributed by atoms with Crippen molar-refractivity contribution in [2.75, 3.05) is 17.7 Å². The number of aliphatic hydroxyl groups excluding tert-OH is 1. The maximum atomic E-state index is 9.07. The number of hydrogen-bond donors (Lipinski definition) is 3. The monoisotopic (exact) mass is 243 g/mol. The van der Waals surface area contributed by atoms with Gasteiger partial charge in [-0.3, -0.25) is 0 Å². The molecule has 0 bridgehead atoms. The molecule has 0 atom stereocenters. The van der Waals surface area contributed by atoms with Crippen molar-refractivity contribution < 1.29 is 5.11 Å². The SMILES string of the molecule is N#Cc1c(Nc2ccccc2)nn(CCO)c1N. The molecule has 1 aromatic heterocycles. The van der Waals surface area contributed by atoms with E-state index in [1.54, 1.807) is 0 Å². The Morgan fingerprint density at radius 3 is 2.72 bits per heavy atom. The first-order valence-electron chi connectivity index (χ1n) is 5.45. The first kappa shape index (κ1) is 12.0. The zero-order valence-electron chi connectivity index (χ0n) is 9.67. The fourth-order valence-corrected chi connectivity index (χ4v) is 1.60. The largest absolute Gasteiger partial charge is 0.394 e. The molecule has 1 aromatic carbocycles. The molecule has 2 aromatic rings. The van der Waals surface area contributed by atoms with Crippen LogP contribution in [0.5, 0.6) is 0 Å². The van der Waals surface area contributed by atoms with E-state index >= 15 is 0 Å². The molecule has 92 valence electrons. The smallest absolute Gasteiger partial charge is 0.172 e. The van der Waals surface area contributed by atoms with Crippen LogP contribution in [0.25, 0.3) is 0 Å². The average molecular weight is 243 g/mol. The van der Waals surface area contributed by atoms with Crippen molar-refractivity contribution in [3.63, 3.8) is 0 Å². The molecule has 0 saturated carbocycles. The standard InChI is InChI=1S/C12H13N5O/c13-8-10-11(14)17(6-7-18)16-12(10)15-9-4-2-1-3-5-9/h1-5,18H,6-7,14H2,(H,15,16). The topological polar surface area (TPSA) is 99.9 Å². The molecule has 0 aliphatic heterocycles. The van der Waals surface area contributed by atoms with Gasteiger partial charge >= 0.3 is 0 Å². The molecule has 0 unspecified atom stereocenters. The van der Waals surface area contributed by atoms with Gasteiger partial charge in [-0.2, -0.15) is 10.4 Å². The maximum absolute atomic E-state index is 9.07. The van der Waals surface area contributed by atoms with Gasteiger partial charge in [0.25, 0.3) is 0 Å². The van der Waals surface area contributed by atoms with Gasteiger partial charge in [-0.1, -0.05) is 18.2 Å². The highest BCUT2D eigenvalue weighted by atomic mass is 16.3. The first-order chi connectivity index (χ1) is 8.76. The summed E-state index contributed by atoms with van der Waals surface area (Å²) in [5.41, 5.74) is 6.89. The van der Waals surface area contributed by atoms with Crippen molar-refractivity contribution in [2.24, 2.45) is 0 Å². The summed E-state index contributed by atoms with van der Waals surface area (Å²) in [4.78, 5) is 0. The Bertz CT molecular complexity index is 570. The Morgan fingerprint density at radius 2 is 2.11 bits per heavy atom. The molecule has 0 fully saturated rings. The molecule has 0 amide bonds. The van der Waals surface area contributed by atoms with Crippen LogP contribution in [-0.2, 0) is 6.54 Å². The van der Waals surface area contributed by atoms with E-state index in [1.807, 2.05) is 36.4 Å². The number of benzene rings is 1.